The van der Waals surface area contributed by atoms with E-state index in [9.17, 15) is 9.59 Å². The molecule has 0 heterocycles. The van der Waals surface area contributed by atoms with Gasteiger partial charge in [0, 0.05) is 19.5 Å². The van der Waals surface area contributed by atoms with E-state index >= 15 is 0 Å². The summed E-state index contributed by atoms with van der Waals surface area (Å²) in [6.45, 7) is 3.38. The second kappa shape index (κ2) is 9.78. The molecule has 4 nitrogen and oxygen atoms in total. The van der Waals surface area contributed by atoms with Gasteiger partial charge in [-0.05, 0) is 25.2 Å². The molecular formula is C16H29NO3. The Bertz CT molecular complexity index is 298. The van der Waals surface area contributed by atoms with Crippen molar-refractivity contribution in [3.05, 3.63) is 0 Å². The van der Waals surface area contributed by atoms with Crippen LogP contribution in [-0.2, 0) is 14.3 Å². The minimum atomic E-state index is -0.239. The van der Waals surface area contributed by atoms with Gasteiger partial charge in [-0.3, -0.25) is 9.59 Å². The third-order valence-electron chi connectivity index (χ3n) is 4.14. The molecule has 1 saturated carbocycles. The molecule has 0 saturated heterocycles. The van der Waals surface area contributed by atoms with E-state index in [1.807, 2.05) is 4.90 Å². The zero-order valence-corrected chi connectivity index (χ0v) is 13.0. The van der Waals surface area contributed by atoms with Crippen molar-refractivity contribution in [1.29, 1.82) is 0 Å². The SMILES string of the molecule is CCCCN(CCC(=O)OC)C(=O)CC1CCCCC1. The second-order valence-corrected chi connectivity index (χ2v) is 5.77. The average Bonchev–Trinajstić information content (AvgIpc) is 2.47. The van der Waals surface area contributed by atoms with Crippen LogP contribution in [0.5, 0.6) is 0 Å². The van der Waals surface area contributed by atoms with Crippen LogP contribution in [0.4, 0.5) is 0 Å². The summed E-state index contributed by atoms with van der Waals surface area (Å²) in [6, 6.07) is 0. The van der Waals surface area contributed by atoms with Crippen LogP contribution in [0.2, 0.25) is 0 Å². The Hall–Kier alpha value is -1.06. The molecule has 0 unspecified atom stereocenters. The number of methoxy groups -OCH3 is 1. The highest BCUT2D eigenvalue weighted by molar-refractivity contribution is 5.77. The van der Waals surface area contributed by atoms with Gasteiger partial charge in [0.05, 0.1) is 13.5 Å². The first kappa shape index (κ1) is 17.0. The molecule has 4 heteroatoms. The van der Waals surface area contributed by atoms with Gasteiger partial charge in [-0.2, -0.15) is 0 Å². The minimum absolute atomic E-state index is 0.217. The molecule has 0 bridgehead atoms. The quantitative estimate of drug-likeness (QED) is 0.643. The fourth-order valence-electron chi connectivity index (χ4n) is 2.81. The topological polar surface area (TPSA) is 46.6 Å². The van der Waals surface area contributed by atoms with Crippen molar-refractivity contribution < 1.29 is 14.3 Å². The minimum Gasteiger partial charge on any atom is -0.469 e. The van der Waals surface area contributed by atoms with Crippen LogP contribution in [0.1, 0.15) is 64.7 Å². The third-order valence-corrected chi connectivity index (χ3v) is 4.14. The fourth-order valence-corrected chi connectivity index (χ4v) is 2.81. The predicted molar refractivity (Wildman–Crippen MR) is 79.3 cm³/mol. The van der Waals surface area contributed by atoms with Gasteiger partial charge in [0.2, 0.25) is 5.91 Å². The molecule has 0 aromatic rings. The number of carbonyl (C=O) groups is 2. The lowest BCUT2D eigenvalue weighted by Gasteiger charge is -2.26. The Morgan fingerprint density at radius 1 is 1.15 bits per heavy atom. The molecule has 0 spiro atoms. The van der Waals surface area contributed by atoms with E-state index in [1.54, 1.807) is 0 Å². The summed E-state index contributed by atoms with van der Waals surface area (Å²) in [5, 5.41) is 0. The standard InChI is InChI=1S/C16H29NO3/c1-3-4-11-17(12-10-16(19)20-2)15(18)13-14-8-6-5-7-9-14/h14H,3-13H2,1-2H3. The first-order valence-electron chi connectivity index (χ1n) is 8.02. The smallest absolute Gasteiger partial charge is 0.307 e. The number of amides is 1. The molecule has 1 aliphatic rings. The van der Waals surface area contributed by atoms with Gasteiger partial charge >= 0.3 is 5.97 Å². The summed E-state index contributed by atoms with van der Waals surface area (Å²) in [5.41, 5.74) is 0. The lowest BCUT2D eigenvalue weighted by molar-refractivity contribution is -0.142. The zero-order valence-electron chi connectivity index (χ0n) is 13.0. The highest BCUT2D eigenvalue weighted by Crippen LogP contribution is 2.26. The molecule has 1 rings (SSSR count). The molecule has 20 heavy (non-hydrogen) atoms. The Morgan fingerprint density at radius 3 is 2.45 bits per heavy atom. The first-order chi connectivity index (χ1) is 9.67. The third kappa shape index (κ3) is 6.40. The summed E-state index contributed by atoms with van der Waals surface area (Å²) in [6.07, 6.45) is 9.22. The van der Waals surface area contributed by atoms with E-state index in [2.05, 4.69) is 11.7 Å². The Labute approximate surface area is 122 Å². The van der Waals surface area contributed by atoms with E-state index in [1.165, 1.54) is 39.2 Å². The molecule has 116 valence electrons. The Morgan fingerprint density at radius 2 is 1.85 bits per heavy atom. The van der Waals surface area contributed by atoms with Crippen molar-refractivity contribution in [3.63, 3.8) is 0 Å². The average molecular weight is 283 g/mol. The molecule has 0 aromatic heterocycles. The van der Waals surface area contributed by atoms with Gasteiger partial charge in [-0.15, -0.1) is 0 Å². The molecule has 0 aliphatic heterocycles. The molecule has 0 atom stereocenters. The van der Waals surface area contributed by atoms with E-state index in [0.717, 1.165) is 19.4 Å². The van der Waals surface area contributed by atoms with E-state index in [4.69, 9.17) is 0 Å². The maximum absolute atomic E-state index is 12.4. The second-order valence-electron chi connectivity index (χ2n) is 5.77. The van der Waals surface area contributed by atoms with Crippen LogP contribution in [-0.4, -0.2) is 37.0 Å². The number of hydrogen-bond donors (Lipinski definition) is 0. The maximum Gasteiger partial charge on any atom is 0.307 e. The summed E-state index contributed by atoms with van der Waals surface area (Å²) in [7, 11) is 1.39. The zero-order chi connectivity index (χ0) is 14.8. The Kier molecular flexibility index (Phi) is 8.31. The molecule has 0 N–H and O–H groups in total. The summed E-state index contributed by atoms with van der Waals surface area (Å²) < 4.78 is 4.66. The van der Waals surface area contributed by atoms with Crippen molar-refractivity contribution in [2.24, 2.45) is 5.92 Å². The largest absolute Gasteiger partial charge is 0.469 e. The van der Waals surface area contributed by atoms with Crippen molar-refractivity contribution in [2.45, 2.75) is 64.7 Å². The van der Waals surface area contributed by atoms with Crippen LogP contribution in [0.15, 0.2) is 0 Å². The molecule has 0 aromatic carbocycles. The molecule has 0 radical (unpaired) electrons. The first-order valence-corrected chi connectivity index (χ1v) is 8.02. The monoisotopic (exact) mass is 283 g/mol. The van der Waals surface area contributed by atoms with E-state index < -0.39 is 0 Å². The van der Waals surface area contributed by atoms with Gasteiger partial charge in [-0.1, -0.05) is 32.6 Å². The molecule has 1 amide bonds. The van der Waals surface area contributed by atoms with E-state index in [0.29, 0.717) is 25.3 Å². The number of unbranched alkanes of at least 4 members (excludes halogenated alkanes) is 1. The predicted octanol–water partition coefficient (Wildman–Crippen LogP) is 3.15. The fraction of sp³-hybridized carbons (Fsp3) is 0.875. The number of ether oxygens (including phenoxy) is 1. The Balaban J connectivity index is 2.42. The molecule has 1 fully saturated rings. The maximum atomic E-state index is 12.4. The summed E-state index contributed by atoms with van der Waals surface area (Å²) in [5.74, 6) is 0.532. The summed E-state index contributed by atoms with van der Waals surface area (Å²) >= 11 is 0. The number of esters is 1. The van der Waals surface area contributed by atoms with E-state index in [-0.39, 0.29) is 11.9 Å². The highest BCUT2D eigenvalue weighted by atomic mass is 16.5. The molecular weight excluding hydrogens is 254 g/mol. The van der Waals surface area contributed by atoms with Gasteiger partial charge < -0.3 is 9.64 Å². The number of rotatable bonds is 8. The van der Waals surface area contributed by atoms with Gasteiger partial charge in [0.15, 0.2) is 0 Å². The van der Waals surface area contributed by atoms with Crippen LogP contribution < -0.4 is 0 Å². The lowest BCUT2D eigenvalue weighted by Crippen LogP contribution is -2.35. The van der Waals surface area contributed by atoms with Crippen LogP contribution in [0, 0.1) is 5.92 Å². The van der Waals surface area contributed by atoms with Crippen molar-refractivity contribution in [1.82, 2.24) is 4.90 Å². The number of hydrogen-bond acceptors (Lipinski definition) is 3. The number of nitrogens with zero attached hydrogens (tertiary/aromatic N) is 1. The van der Waals surface area contributed by atoms with Crippen molar-refractivity contribution in [2.75, 3.05) is 20.2 Å². The van der Waals surface area contributed by atoms with Gasteiger partial charge in [-0.25, -0.2) is 0 Å². The van der Waals surface area contributed by atoms with Gasteiger partial charge in [0.1, 0.15) is 0 Å². The van der Waals surface area contributed by atoms with Crippen molar-refractivity contribution in [3.8, 4) is 0 Å². The lowest BCUT2D eigenvalue weighted by atomic mass is 9.86. The molecule has 1 aliphatic carbocycles. The van der Waals surface area contributed by atoms with Crippen LogP contribution in [0.3, 0.4) is 0 Å². The highest BCUT2D eigenvalue weighted by Gasteiger charge is 2.21. The summed E-state index contributed by atoms with van der Waals surface area (Å²) in [4.78, 5) is 25.5. The van der Waals surface area contributed by atoms with Crippen LogP contribution in [0.25, 0.3) is 0 Å². The van der Waals surface area contributed by atoms with Gasteiger partial charge in [0.25, 0.3) is 0 Å². The van der Waals surface area contributed by atoms with Crippen molar-refractivity contribution >= 4 is 11.9 Å². The van der Waals surface area contributed by atoms with Crippen LogP contribution >= 0.6 is 0 Å². The normalized spacial score (nSPS) is 15.9. The number of carbonyl (C=O) groups excluding carboxylic acids is 2.